The SMILES string of the molecule is CC/C=C\C/C=C\C/C=C\C/C=C\CCCCCCCCCCCCCCCCCCCCCCCCCCC(=O)OC(COC(=O)CCCCCCCCCCCCCCCCCCCCCCCCC)COP(=O)(O)OCCN. The Morgan fingerprint density at radius 2 is 0.679 bits per heavy atom. The van der Waals surface area contributed by atoms with E-state index in [1.54, 1.807) is 0 Å². The minimum atomic E-state index is -4.39. The zero-order valence-electron chi connectivity index (χ0n) is 53.5. The largest absolute Gasteiger partial charge is 0.472 e. The third-order valence-electron chi connectivity index (χ3n) is 15.7. The molecule has 0 heterocycles. The van der Waals surface area contributed by atoms with Gasteiger partial charge in [0.25, 0.3) is 0 Å². The average molecular weight is 1160 g/mol. The van der Waals surface area contributed by atoms with Crippen LogP contribution in [0.25, 0.3) is 0 Å². The number of phosphoric acid groups is 1. The predicted molar refractivity (Wildman–Crippen MR) is 349 cm³/mol. The molecule has 0 bridgehead atoms. The number of nitrogens with two attached hydrogens (primary N) is 1. The molecule has 476 valence electrons. The van der Waals surface area contributed by atoms with Crippen LogP contribution in [0.5, 0.6) is 0 Å². The molecule has 0 aromatic heterocycles. The maximum atomic E-state index is 12.8. The van der Waals surface area contributed by atoms with Crippen LogP contribution in [0.2, 0.25) is 0 Å². The van der Waals surface area contributed by atoms with Gasteiger partial charge >= 0.3 is 19.8 Å². The van der Waals surface area contributed by atoms with Gasteiger partial charge in [0.15, 0.2) is 6.10 Å². The summed E-state index contributed by atoms with van der Waals surface area (Å²) in [5.41, 5.74) is 5.40. The minimum Gasteiger partial charge on any atom is -0.462 e. The molecule has 0 aliphatic rings. The molecule has 0 radical (unpaired) electrons. The van der Waals surface area contributed by atoms with E-state index in [-0.39, 0.29) is 38.6 Å². The molecule has 0 aliphatic carbocycles. The number of unbranched alkanes of at least 4 members (excludes halogenated alkanes) is 46. The van der Waals surface area contributed by atoms with Crippen LogP contribution in [-0.2, 0) is 32.7 Å². The number of carbonyl (C=O) groups excluding carboxylic acids is 2. The Morgan fingerprint density at radius 3 is 1.01 bits per heavy atom. The van der Waals surface area contributed by atoms with Crippen LogP contribution in [0.15, 0.2) is 48.6 Å². The number of hydrogen-bond donors (Lipinski definition) is 2. The third-order valence-corrected chi connectivity index (χ3v) is 16.7. The Labute approximate surface area is 502 Å². The molecule has 0 fully saturated rings. The maximum absolute atomic E-state index is 12.8. The second-order valence-corrected chi connectivity index (χ2v) is 25.2. The van der Waals surface area contributed by atoms with Crippen molar-refractivity contribution < 1.29 is 37.6 Å². The van der Waals surface area contributed by atoms with Crippen LogP contribution in [-0.4, -0.2) is 49.3 Å². The van der Waals surface area contributed by atoms with Crippen LogP contribution in [0.1, 0.15) is 361 Å². The van der Waals surface area contributed by atoms with Crippen molar-refractivity contribution in [2.45, 2.75) is 367 Å². The Hall–Kier alpha value is -2.03. The first-order valence-corrected chi connectivity index (χ1v) is 36.6. The molecule has 2 unspecified atom stereocenters. The predicted octanol–water partition coefficient (Wildman–Crippen LogP) is 22.9. The van der Waals surface area contributed by atoms with E-state index in [1.165, 1.54) is 270 Å². The molecule has 0 aromatic carbocycles. The highest BCUT2D eigenvalue weighted by atomic mass is 31.2. The van der Waals surface area contributed by atoms with Gasteiger partial charge in [-0.05, 0) is 51.4 Å². The van der Waals surface area contributed by atoms with Crippen molar-refractivity contribution in [1.82, 2.24) is 0 Å². The lowest BCUT2D eigenvalue weighted by molar-refractivity contribution is -0.161. The number of carbonyl (C=O) groups is 2. The number of allylic oxidation sites excluding steroid dienone is 8. The zero-order chi connectivity index (χ0) is 58.7. The summed E-state index contributed by atoms with van der Waals surface area (Å²) in [5.74, 6) is -0.803. The van der Waals surface area contributed by atoms with Crippen molar-refractivity contribution in [3.05, 3.63) is 48.6 Å². The fourth-order valence-corrected chi connectivity index (χ4v) is 11.3. The summed E-state index contributed by atoms with van der Waals surface area (Å²) in [5, 5.41) is 0. The van der Waals surface area contributed by atoms with Crippen LogP contribution < -0.4 is 5.73 Å². The molecular formula is C71H134NO8P. The highest BCUT2D eigenvalue weighted by Crippen LogP contribution is 2.43. The molecule has 9 nitrogen and oxygen atoms in total. The number of esters is 2. The van der Waals surface area contributed by atoms with Crippen molar-refractivity contribution in [3.63, 3.8) is 0 Å². The molecule has 0 saturated heterocycles. The van der Waals surface area contributed by atoms with Crippen molar-refractivity contribution in [3.8, 4) is 0 Å². The molecule has 0 aliphatic heterocycles. The van der Waals surface area contributed by atoms with E-state index < -0.39 is 26.5 Å². The van der Waals surface area contributed by atoms with Gasteiger partial charge in [0, 0.05) is 19.4 Å². The van der Waals surface area contributed by atoms with Crippen molar-refractivity contribution >= 4 is 19.8 Å². The highest BCUT2D eigenvalue weighted by molar-refractivity contribution is 7.47. The monoisotopic (exact) mass is 1160 g/mol. The normalized spacial score (nSPS) is 13.2. The van der Waals surface area contributed by atoms with Gasteiger partial charge in [-0.2, -0.15) is 0 Å². The summed E-state index contributed by atoms with van der Waals surface area (Å²) in [7, 11) is -4.39. The summed E-state index contributed by atoms with van der Waals surface area (Å²) in [4.78, 5) is 35.3. The van der Waals surface area contributed by atoms with Crippen molar-refractivity contribution in [1.29, 1.82) is 0 Å². The lowest BCUT2D eigenvalue weighted by Crippen LogP contribution is -2.29. The minimum absolute atomic E-state index is 0.0564. The first kappa shape index (κ1) is 79.0. The average Bonchev–Trinajstić information content (AvgIpc) is 3.46. The molecule has 0 spiro atoms. The Morgan fingerprint density at radius 1 is 0.383 bits per heavy atom. The summed E-state index contributed by atoms with van der Waals surface area (Å²) in [6.07, 6.45) is 85.0. The Balaban J connectivity index is 3.79. The standard InChI is InChI=1S/C71H134NO8P/c1-3-5-7-9-11-13-15-17-19-21-23-25-27-28-29-30-31-32-33-34-35-36-37-38-39-40-42-44-46-48-50-52-54-56-58-60-62-64-71(74)80-69(68-79-81(75,76)78-66-65-72)67-77-70(73)63-61-59-57-55-53-51-49-47-45-43-41-26-24-22-20-18-16-14-12-10-8-6-4-2/h5,7,11,13,17,19,23,25,69H,3-4,6,8-10,12,14-16,18,20-22,24,26-68,72H2,1-2H3,(H,75,76)/b7-5-,13-11-,19-17-,25-23-. The fraction of sp³-hybridized carbons (Fsp3) is 0.859. The lowest BCUT2D eigenvalue weighted by atomic mass is 10.0. The van der Waals surface area contributed by atoms with E-state index in [4.69, 9.17) is 24.3 Å². The van der Waals surface area contributed by atoms with Gasteiger partial charge in [-0.3, -0.25) is 18.6 Å². The van der Waals surface area contributed by atoms with Crippen LogP contribution >= 0.6 is 7.82 Å². The van der Waals surface area contributed by atoms with Crippen LogP contribution in [0.3, 0.4) is 0 Å². The Bertz CT molecular complexity index is 1470. The first-order chi connectivity index (χ1) is 39.8. The van der Waals surface area contributed by atoms with Gasteiger partial charge in [-0.25, -0.2) is 4.57 Å². The van der Waals surface area contributed by atoms with Gasteiger partial charge in [-0.1, -0.05) is 345 Å². The number of hydrogen-bond acceptors (Lipinski definition) is 8. The van der Waals surface area contributed by atoms with E-state index in [1.807, 2.05) is 0 Å². The second-order valence-electron chi connectivity index (χ2n) is 23.7. The van der Waals surface area contributed by atoms with E-state index >= 15 is 0 Å². The number of rotatable bonds is 67. The van der Waals surface area contributed by atoms with E-state index in [0.717, 1.165) is 57.8 Å². The highest BCUT2D eigenvalue weighted by Gasteiger charge is 2.26. The molecule has 81 heavy (non-hydrogen) atoms. The van der Waals surface area contributed by atoms with Gasteiger partial charge in [-0.15, -0.1) is 0 Å². The van der Waals surface area contributed by atoms with Gasteiger partial charge in [0.05, 0.1) is 13.2 Å². The van der Waals surface area contributed by atoms with E-state index in [2.05, 4.69) is 62.5 Å². The van der Waals surface area contributed by atoms with E-state index in [9.17, 15) is 19.0 Å². The van der Waals surface area contributed by atoms with Gasteiger partial charge in [0.2, 0.25) is 0 Å². The quantitative estimate of drug-likeness (QED) is 0.0264. The topological polar surface area (TPSA) is 134 Å². The molecule has 10 heteroatoms. The van der Waals surface area contributed by atoms with Crippen molar-refractivity contribution in [2.24, 2.45) is 5.73 Å². The Kier molecular flexibility index (Phi) is 65.4. The van der Waals surface area contributed by atoms with Gasteiger partial charge < -0.3 is 20.1 Å². The second kappa shape index (κ2) is 67.1. The molecule has 0 saturated carbocycles. The molecule has 2 atom stereocenters. The number of phosphoric ester groups is 1. The third kappa shape index (κ3) is 67.0. The molecule has 0 aromatic rings. The number of ether oxygens (including phenoxy) is 2. The molecule has 3 N–H and O–H groups in total. The molecule has 0 rings (SSSR count). The smallest absolute Gasteiger partial charge is 0.462 e. The summed E-state index contributed by atoms with van der Waals surface area (Å²) < 4.78 is 33.2. The van der Waals surface area contributed by atoms with Gasteiger partial charge in [0.1, 0.15) is 6.61 Å². The summed E-state index contributed by atoms with van der Waals surface area (Å²) in [6, 6.07) is 0. The molecular weight excluding hydrogens is 1030 g/mol. The van der Waals surface area contributed by atoms with Crippen molar-refractivity contribution in [2.75, 3.05) is 26.4 Å². The zero-order valence-corrected chi connectivity index (χ0v) is 54.4. The van der Waals surface area contributed by atoms with E-state index in [0.29, 0.717) is 6.42 Å². The lowest BCUT2D eigenvalue weighted by Gasteiger charge is -2.19. The molecule has 0 amide bonds. The summed E-state index contributed by atoms with van der Waals surface area (Å²) in [6.45, 7) is 3.71. The van der Waals surface area contributed by atoms with Crippen LogP contribution in [0, 0.1) is 0 Å². The fourth-order valence-electron chi connectivity index (χ4n) is 10.6. The van der Waals surface area contributed by atoms with Crippen LogP contribution in [0.4, 0.5) is 0 Å². The first-order valence-electron chi connectivity index (χ1n) is 35.1. The maximum Gasteiger partial charge on any atom is 0.472 e. The summed E-state index contributed by atoms with van der Waals surface area (Å²) >= 11 is 0.